The van der Waals surface area contributed by atoms with Crippen LogP contribution in [0.15, 0.2) is 48.5 Å². The lowest BCUT2D eigenvalue weighted by Crippen LogP contribution is -2.28. The van der Waals surface area contributed by atoms with Gasteiger partial charge < -0.3 is 0 Å². The fraction of sp³-hybridized carbons (Fsp3) is 0.316. The zero-order valence-electron chi connectivity index (χ0n) is 12.8. The second-order valence-electron chi connectivity index (χ2n) is 5.59. The third kappa shape index (κ3) is 3.01. The topological polar surface area (TPSA) is 3.88 Å². The molecule has 0 unspecified atom stereocenters. The van der Waals surface area contributed by atoms with Gasteiger partial charge in [0.1, 0.15) is 11.7 Å². The Balaban J connectivity index is 1.95. The smallest absolute Gasteiger partial charge is 0.184 e. The van der Waals surface area contributed by atoms with Crippen LogP contribution in [0.2, 0.25) is 0 Å². The molecule has 0 amide bonds. The highest BCUT2D eigenvalue weighted by atomic mass is 32.1. The quantitative estimate of drug-likeness (QED) is 0.454. The molecule has 0 radical (unpaired) electrons. The Labute approximate surface area is 130 Å². The van der Waals surface area contributed by atoms with Crippen molar-refractivity contribution in [1.82, 2.24) is 0 Å². The number of nitrogens with zero attached hydrogens (tertiary/aromatic N) is 1. The van der Waals surface area contributed by atoms with Crippen LogP contribution in [0.3, 0.4) is 0 Å². The number of benzene rings is 2. The number of hydrogen-bond donors (Lipinski definition) is 0. The number of fused-ring (bicyclic) bond motifs is 1. The van der Waals surface area contributed by atoms with E-state index in [1.54, 1.807) is 0 Å². The molecule has 1 nitrogen and oxygen atoms in total. The zero-order valence-corrected chi connectivity index (χ0v) is 13.6. The van der Waals surface area contributed by atoms with Crippen LogP contribution in [0.25, 0.3) is 20.8 Å². The van der Waals surface area contributed by atoms with Crippen molar-refractivity contribution in [3.63, 3.8) is 0 Å². The third-order valence-corrected chi connectivity index (χ3v) is 5.25. The van der Waals surface area contributed by atoms with E-state index in [4.69, 9.17) is 0 Å². The molecule has 0 bridgehead atoms. The van der Waals surface area contributed by atoms with E-state index in [1.165, 1.54) is 52.0 Å². The number of para-hydroxylation sites is 1. The number of aromatic nitrogens is 1. The van der Waals surface area contributed by atoms with E-state index in [0.29, 0.717) is 0 Å². The summed E-state index contributed by atoms with van der Waals surface area (Å²) in [6.07, 6.45) is 5.08. The lowest BCUT2D eigenvalue weighted by atomic mass is 10.0. The highest BCUT2D eigenvalue weighted by molar-refractivity contribution is 7.21. The maximum absolute atomic E-state index is 2.36. The molecule has 0 aliphatic rings. The molecule has 0 saturated carbocycles. The predicted molar refractivity (Wildman–Crippen MR) is 91.7 cm³/mol. The van der Waals surface area contributed by atoms with Crippen molar-refractivity contribution < 1.29 is 4.57 Å². The van der Waals surface area contributed by atoms with Crippen molar-refractivity contribution in [2.45, 2.75) is 32.6 Å². The molecular formula is C19H22NS+. The Bertz CT molecular complexity index is 742. The first-order valence-electron chi connectivity index (χ1n) is 7.76. The van der Waals surface area contributed by atoms with Crippen molar-refractivity contribution in [3.05, 3.63) is 54.1 Å². The molecule has 0 atom stereocenters. The van der Waals surface area contributed by atoms with Crippen molar-refractivity contribution >= 4 is 21.6 Å². The largest absolute Gasteiger partial charge is 0.269 e. The van der Waals surface area contributed by atoms with Crippen LogP contribution in [-0.4, -0.2) is 0 Å². The minimum absolute atomic E-state index is 1.19. The summed E-state index contributed by atoms with van der Waals surface area (Å²) in [4.78, 5) is 0. The maximum Gasteiger partial charge on any atom is 0.269 e. The van der Waals surface area contributed by atoms with Crippen LogP contribution in [0, 0.1) is 0 Å². The fourth-order valence-corrected chi connectivity index (χ4v) is 3.94. The molecule has 0 aliphatic heterocycles. The second kappa shape index (κ2) is 6.40. The molecular weight excluding hydrogens is 274 g/mol. The van der Waals surface area contributed by atoms with Crippen molar-refractivity contribution in [2.75, 3.05) is 0 Å². The molecule has 1 aromatic heterocycles. The second-order valence-corrected chi connectivity index (χ2v) is 6.62. The van der Waals surface area contributed by atoms with E-state index < -0.39 is 0 Å². The van der Waals surface area contributed by atoms with Gasteiger partial charge in [0.15, 0.2) is 0 Å². The molecule has 0 fully saturated rings. The number of hydrogen-bond acceptors (Lipinski definition) is 1. The molecule has 3 rings (SSSR count). The van der Waals surface area contributed by atoms with Gasteiger partial charge in [0.05, 0.1) is 5.56 Å². The van der Waals surface area contributed by atoms with Gasteiger partial charge in [0.2, 0.25) is 5.52 Å². The Morgan fingerprint density at radius 3 is 2.67 bits per heavy atom. The van der Waals surface area contributed by atoms with E-state index in [9.17, 15) is 0 Å². The highest BCUT2D eigenvalue weighted by Crippen LogP contribution is 2.28. The summed E-state index contributed by atoms with van der Waals surface area (Å²) in [6.45, 7) is 2.26. The van der Waals surface area contributed by atoms with Crippen LogP contribution < -0.4 is 4.57 Å². The Morgan fingerprint density at radius 2 is 1.86 bits per heavy atom. The van der Waals surface area contributed by atoms with Gasteiger partial charge in [-0.15, -0.1) is 0 Å². The average molecular weight is 296 g/mol. The SMILES string of the molecule is CCCCCc1cccc(-c2sc3ccccc3[n+]2C)c1. The van der Waals surface area contributed by atoms with Crippen LogP contribution in [-0.2, 0) is 13.5 Å². The molecule has 108 valence electrons. The number of unbranched alkanes of at least 4 members (excludes halogenated alkanes) is 2. The normalized spacial score (nSPS) is 11.1. The van der Waals surface area contributed by atoms with Gasteiger partial charge in [-0.05, 0) is 36.6 Å². The number of rotatable bonds is 5. The van der Waals surface area contributed by atoms with E-state index in [2.05, 4.69) is 67.1 Å². The Hall–Kier alpha value is -1.67. The predicted octanol–water partition coefficient (Wildman–Crippen LogP) is 5.13. The number of thiazole rings is 1. The molecule has 0 spiro atoms. The summed E-state index contributed by atoms with van der Waals surface area (Å²) in [7, 11) is 2.16. The summed E-state index contributed by atoms with van der Waals surface area (Å²) in [5.41, 5.74) is 4.11. The maximum atomic E-state index is 2.36. The monoisotopic (exact) mass is 296 g/mol. The molecule has 2 aromatic carbocycles. The summed E-state index contributed by atoms with van der Waals surface area (Å²) in [5, 5.41) is 1.34. The van der Waals surface area contributed by atoms with Gasteiger partial charge in [0, 0.05) is 6.07 Å². The minimum atomic E-state index is 1.19. The van der Waals surface area contributed by atoms with Gasteiger partial charge in [-0.1, -0.05) is 55.4 Å². The fourth-order valence-electron chi connectivity index (χ4n) is 2.79. The molecule has 3 aromatic rings. The molecule has 2 heteroatoms. The van der Waals surface area contributed by atoms with Crippen molar-refractivity contribution in [2.24, 2.45) is 7.05 Å². The average Bonchev–Trinajstić information content (AvgIpc) is 2.86. The number of aryl methyl sites for hydroxylation is 2. The Morgan fingerprint density at radius 1 is 1.00 bits per heavy atom. The molecule has 0 N–H and O–H groups in total. The van der Waals surface area contributed by atoms with E-state index in [-0.39, 0.29) is 0 Å². The Kier molecular flexibility index (Phi) is 4.35. The first-order chi connectivity index (χ1) is 10.3. The van der Waals surface area contributed by atoms with Gasteiger partial charge in [-0.2, -0.15) is 4.57 Å². The molecule has 0 aliphatic carbocycles. The summed E-state index contributed by atoms with van der Waals surface area (Å²) < 4.78 is 3.66. The van der Waals surface area contributed by atoms with Crippen molar-refractivity contribution in [3.8, 4) is 10.6 Å². The summed E-state index contributed by atoms with van der Waals surface area (Å²) in [6, 6.07) is 17.7. The standard InChI is InChI=1S/C19H22NS/c1-3-4-5-9-15-10-8-11-16(14-15)19-20(2)17-12-6-7-13-18(17)21-19/h6-8,10-14H,3-5,9H2,1-2H3/q+1. The lowest BCUT2D eigenvalue weighted by Gasteiger charge is -2.02. The van der Waals surface area contributed by atoms with Gasteiger partial charge in [-0.3, -0.25) is 0 Å². The summed E-state index contributed by atoms with van der Waals surface area (Å²) in [5.74, 6) is 0. The van der Waals surface area contributed by atoms with Gasteiger partial charge in [0.25, 0.3) is 5.01 Å². The third-order valence-electron chi connectivity index (χ3n) is 3.98. The lowest BCUT2D eigenvalue weighted by molar-refractivity contribution is -0.629. The van der Waals surface area contributed by atoms with E-state index >= 15 is 0 Å². The first kappa shape index (κ1) is 14.3. The van der Waals surface area contributed by atoms with Gasteiger partial charge in [-0.25, -0.2) is 0 Å². The van der Waals surface area contributed by atoms with Crippen LogP contribution >= 0.6 is 11.3 Å². The summed E-state index contributed by atoms with van der Waals surface area (Å²) >= 11 is 1.88. The van der Waals surface area contributed by atoms with E-state index in [1.807, 2.05) is 11.3 Å². The minimum Gasteiger partial charge on any atom is -0.184 e. The van der Waals surface area contributed by atoms with Crippen LogP contribution in [0.4, 0.5) is 0 Å². The molecule has 0 saturated heterocycles. The zero-order chi connectivity index (χ0) is 14.7. The van der Waals surface area contributed by atoms with Crippen LogP contribution in [0.1, 0.15) is 31.7 Å². The first-order valence-corrected chi connectivity index (χ1v) is 8.58. The molecule has 1 heterocycles. The van der Waals surface area contributed by atoms with Crippen LogP contribution in [0.5, 0.6) is 0 Å². The van der Waals surface area contributed by atoms with E-state index in [0.717, 1.165) is 0 Å². The van der Waals surface area contributed by atoms with Gasteiger partial charge >= 0.3 is 0 Å². The van der Waals surface area contributed by atoms with Crippen molar-refractivity contribution in [1.29, 1.82) is 0 Å². The highest BCUT2D eigenvalue weighted by Gasteiger charge is 2.18. The molecule has 21 heavy (non-hydrogen) atoms.